The fraction of sp³-hybridized carbons (Fsp3) is 0.250. The van der Waals surface area contributed by atoms with Crippen molar-refractivity contribution >= 4 is 17.5 Å². The van der Waals surface area contributed by atoms with Crippen molar-refractivity contribution in [3.05, 3.63) is 52.8 Å². The Balaban J connectivity index is 0.000000249. The summed E-state index contributed by atoms with van der Waals surface area (Å²) in [7, 11) is 0. The summed E-state index contributed by atoms with van der Waals surface area (Å²) in [4.78, 5) is 0. The van der Waals surface area contributed by atoms with Gasteiger partial charge in [-0.3, -0.25) is 0 Å². The maximum atomic E-state index is 6.82. The zero-order valence-electron chi connectivity index (χ0n) is 10.4. The van der Waals surface area contributed by atoms with Crippen molar-refractivity contribution in [2.24, 2.45) is 0 Å². The van der Waals surface area contributed by atoms with Gasteiger partial charge in [0, 0.05) is 18.6 Å². The van der Waals surface area contributed by atoms with E-state index in [1.807, 2.05) is 18.2 Å². The first-order chi connectivity index (χ1) is 8.68. The molecule has 0 aromatic carbocycles. The molecule has 0 aromatic heterocycles. The third-order valence-electron chi connectivity index (χ3n) is 1.94. The number of hydrogen-bond donors (Lipinski definition) is 3. The maximum absolute atomic E-state index is 6.82. The molecule has 3 heterocycles. The second kappa shape index (κ2) is 10.2. The van der Waals surface area contributed by atoms with E-state index in [0.717, 1.165) is 19.3 Å². The molecule has 7 heteroatoms. The summed E-state index contributed by atoms with van der Waals surface area (Å²) in [6, 6.07) is 0. The van der Waals surface area contributed by atoms with Gasteiger partial charge in [-0.2, -0.15) is 0 Å². The van der Waals surface area contributed by atoms with Crippen molar-refractivity contribution < 1.29 is 18.6 Å². The van der Waals surface area contributed by atoms with Crippen LogP contribution >= 0.6 is 0 Å². The summed E-state index contributed by atoms with van der Waals surface area (Å²) in [5, 5.41) is 31.4. The smallest absolute Gasteiger partial charge is 0 e. The molecule has 0 amide bonds. The van der Waals surface area contributed by atoms with E-state index < -0.39 is 0 Å². The van der Waals surface area contributed by atoms with E-state index in [9.17, 15) is 0 Å². The molecule has 101 valence electrons. The van der Waals surface area contributed by atoms with Crippen LogP contribution in [0.2, 0.25) is 0 Å². The second-order valence-corrected chi connectivity index (χ2v) is 3.49. The SMILES string of the molecule is N=C1CC=C[N-]1.N=C1CC=C[N-]1.N=C1CC=C[N-]1.[V]. The van der Waals surface area contributed by atoms with Gasteiger partial charge < -0.3 is 32.2 Å². The van der Waals surface area contributed by atoms with Crippen molar-refractivity contribution in [1.29, 1.82) is 16.2 Å². The third kappa shape index (κ3) is 8.87. The molecule has 19 heavy (non-hydrogen) atoms. The molecule has 0 saturated heterocycles. The Bertz CT molecular complexity index is 319. The molecule has 3 aliphatic heterocycles. The fourth-order valence-corrected chi connectivity index (χ4v) is 1.08. The van der Waals surface area contributed by atoms with Crippen LogP contribution in [0.5, 0.6) is 0 Å². The van der Waals surface area contributed by atoms with Gasteiger partial charge in [-0.05, 0) is 19.3 Å². The van der Waals surface area contributed by atoms with Crippen LogP contribution in [0.3, 0.4) is 0 Å². The first kappa shape index (κ1) is 17.2. The summed E-state index contributed by atoms with van der Waals surface area (Å²) in [6.07, 6.45) is 12.7. The topological polar surface area (TPSA) is 114 Å². The molecule has 0 unspecified atom stereocenters. The van der Waals surface area contributed by atoms with Crippen LogP contribution in [-0.2, 0) is 18.6 Å². The molecule has 3 N–H and O–H groups in total. The molecular formula is C12H15N6V-3. The zero-order chi connectivity index (χ0) is 13.2. The Morgan fingerprint density at radius 1 is 0.632 bits per heavy atom. The first-order valence-corrected chi connectivity index (χ1v) is 5.48. The molecule has 0 atom stereocenters. The second-order valence-electron chi connectivity index (χ2n) is 3.49. The molecule has 0 bridgehead atoms. The molecule has 3 rings (SSSR count). The summed E-state index contributed by atoms with van der Waals surface area (Å²) in [5.41, 5.74) is 0. The van der Waals surface area contributed by atoms with Gasteiger partial charge in [0.1, 0.15) is 0 Å². The third-order valence-corrected chi connectivity index (χ3v) is 1.94. The average Bonchev–Trinajstić information content (AvgIpc) is 3.05. The Labute approximate surface area is 124 Å². The Kier molecular flexibility index (Phi) is 9.21. The number of nitrogens with zero attached hydrogens (tertiary/aromatic N) is 3. The van der Waals surface area contributed by atoms with Gasteiger partial charge in [-0.1, -0.05) is 54.3 Å². The van der Waals surface area contributed by atoms with E-state index in [1.54, 1.807) is 18.6 Å². The average molecular weight is 294 g/mol. The zero-order valence-corrected chi connectivity index (χ0v) is 11.8. The summed E-state index contributed by atoms with van der Waals surface area (Å²) >= 11 is 0. The van der Waals surface area contributed by atoms with Crippen molar-refractivity contribution in [3.8, 4) is 0 Å². The van der Waals surface area contributed by atoms with Gasteiger partial charge in [0.2, 0.25) is 0 Å². The monoisotopic (exact) mass is 294 g/mol. The molecule has 0 spiro atoms. The number of rotatable bonds is 0. The van der Waals surface area contributed by atoms with Crippen LogP contribution in [-0.4, -0.2) is 17.5 Å². The molecule has 6 nitrogen and oxygen atoms in total. The predicted molar refractivity (Wildman–Crippen MR) is 74.5 cm³/mol. The van der Waals surface area contributed by atoms with E-state index >= 15 is 0 Å². The molecule has 0 fully saturated rings. The Morgan fingerprint density at radius 2 is 0.895 bits per heavy atom. The summed E-state index contributed by atoms with van der Waals surface area (Å²) < 4.78 is 0. The molecule has 0 aromatic rings. The first-order valence-electron chi connectivity index (χ1n) is 5.48. The fourth-order valence-electron chi connectivity index (χ4n) is 1.08. The van der Waals surface area contributed by atoms with E-state index in [2.05, 4.69) is 16.0 Å². The van der Waals surface area contributed by atoms with E-state index in [1.165, 1.54) is 0 Å². The van der Waals surface area contributed by atoms with Crippen molar-refractivity contribution in [2.45, 2.75) is 19.3 Å². The van der Waals surface area contributed by atoms with Crippen LogP contribution in [0.25, 0.3) is 16.0 Å². The standard InChI is InChI=1S/3C4H5N2.V/c3*5-4-2-1-3-6-4;/h3*1,3H,2H2,(H-,5,6);/q3*-1;. The van der Waals surface area contributed by atoms with Gasteiger partial charge in [-0.25, -0.2) is 0 Å². The van der Waals surface area contributed by atoms with Crippen LogP contribution < -0.4 is 0 Å². The van der Waals surface area contributed by atoms with Crippen LogP contribution in [0, 0.1) is 16.2 Å². The molecule has 0 saturated carbocycles. The maximum Gasteiger partial charge on any atom is 0 e. The van der Waals surface area contributed by atoms with Crippen LogP contribution in [0.1, 0.15) is 19.3 Å². The van der Waals surface area contributed by atoms with Gasteiger partial charge in [0.25, 0.3) is 0 Å². The minimum atomic E-state index is 0. The minimum absolute atomic E-state index is 0. The Hall–Kier alpha value is -1.79. The summed E-state index contributed by atoms with van der Waals surface area (Å²) in [6.45, 7) is 0. The number of nitrogens with one attached hydrogen (secondary N) is 3. The predicted octanol–water partition coefficient (Wildman–Crippen LogP) is 3.76. The molecular weight excluding hydrogens is 279 g/mol. The van der Waals surface area contributed by atoms with Gasteiger partial charge >= 0.3 is 0 Å². The van der Waals surface area contributed by atoms with E-state index in [4.69, 9.17) is 16.2 Å². The number of hydrogen-bond acceptors (Lipinski definition) is 3. The van der Waals surface area contributed by atoms with Crippen molar-refractivity contribution in [2.75, 3.05) is 0 Å². The summed E-state index contributed by atoms with van der Waals surface area (Å²) in [5.74, 6) is 1.40. The van der Waals surface area contributed by atoms with Crippen molar-refractivity contribution in [1.82, 2.24) is 0 Å². The number of amidine groups is 3. The van der Waals surface area contributed by atoms with E-state index in [-0.39, 0.29) is 18.6 Å². The minimum Gasteiger partial charge on any atom is -0.485 e. The van der Waals surface area contributed by atoms with E-state index in [0.29, 0.717) is 17.5 Å². The van der Waals surface area contributed by atoms with Crippen LogP contribution in [0.4, 0.5) is 0 Å². The molecule has 1 radical (unpaired) electrons. The molecule has 3 aliphatic rings. The van der Waals surface area contributed by atoms with Gasteiger partial charge in [-0.15, -0.1) is 0 Å². The Morgan fingerprint density at radius 3 is 0.947 bits per heavy atom. The largest absolute Gasteiger partial charge is 0.485 e. The van der Waals surface area contributed by atoms with Gasteiger partial charge in [0.05, 0.1) is 0 Å². The molecule has 0 aliphatic carbocycles. The van der Waals surface area contributed by atoms with Crippen molar-refractivity contribution in [3.63, 3.8) is 0 Å². The van der Waals surface area contributed by atoms with Gasteiger partial charge in [0.15, 0.2) is 0 Å². The quantitative estimate of drug-likeness (QED) is 0.603. The van der Waals surface area contributed by atoms with Crippen LogP contribution in [0.15, 0.2) is 36.8 Å². The normalized spacial score (nSPS) is 17.4.